The lowest BCUT2D eigenvalue weighted by Gasteiger charge is -2.02. The largest absolute Gasteiger partial charge is 0.434 e. The molecule has 0 aromatic rings. The van der Waals surface area contributed by atoms with E-state index in [0.29, 0.717) is 6.08 Å². The average Bonchev–Trinajstić information content (AvgIpc) is 2.11. The molecular weight excluding hydrogens is 193 g/mol. The molecule has 64 valence electrons. The highest BCUT2D eigenvalue weighted by Gasteiger charge is 2.33. The average molecular weight is 195 g/mol. The van der Waals surface area contributed by atoms with Gasteiger partial charge in [0.1, 0.15) is 6.34 Å². The molecule has 0 fully saturated rings. The molecule has 1 rings (SSSR count). The minimum atomic E-state index is -4.49. The van der Waals surface area contributed by atoms with E-state index in [-0.39, 0.29) is 5.16 Å². The first-order chi connectivity index (χ1) is 5.50. The highest BCUT2D eigenvalue weighted by molar-refractivity contribution is 6.30. The summed E-state index contributed by atoms with van der Waals surface area (Å²) in [6, 6.07) is 0. The second kappa shape index (κ2) is 3.13. The molecule has 0 saturated heterocycles. The number of alkyl halides is 3. The summed E-state index contributed by atoms with van der Waals surface area (Å²) in [6.45, 7) is 0. The van der Waals surface area contributed by atoms with Crippen LogP contribution in [-0.4, -0.2) is 18.2 Å². The third kappa shape index (κ3) is 2.22. The first kappa shape index (κ1) is 9.03. The lowest BCUT2D eigenvalue weighted by molar-refractivity contribution is -0.0575. The Morgan fingerprint density at radius 3 is 2.67 bits per heavy atom. The van der Waals surface area contributed by atoms with Gasteiger partial charge in [-0.3, -0.25) is 0 Å². The van der Waals surface area contributed by atoms with E-state index in [1.54, 1.807) is 0 Å². The van der Waals surface area contributed by atoms with Gasteiger partial charge < -0.3 is 0 Å². The van der Waals surface area contributed by atoms with Crippen LogP contribution < -0.4 is 0 Å². The van der Waals surface area contributed by atoms with Gasteiger partial charge in [-0.1, -0.05) is 17.3 Å². The molecule has 12 heavy (non-hydrogen) atoms. The van der Waals surface area contributed by atoms with Crippen LogP contribution in [0.5, 0.6) is 0 Å². The maximum Gasteiger partial charge on any atom is 0.434 e. The Morgan fingerprint density at radius 1 is 1.42 bits per heavy atom. The van der Waals surface area contributed by atoms with Crippen molar-refractivity contribution in [3.8, 4) is 0 Å². The van der Waals surface area contributed by atoms with Crippen LogP contribution in [0.3, 0.4) is 0 Å². The Hall–Kier alpha value is -1.06. The molecule has 0 spiro atoms. The molecule has 0 atom stereocenters. The highest BCUT2D eigenvalue weighted by atomic mass is 35.5. The zero-order valence-corrected chi connectivity index (χ0v) is 6.32. The number of halogens is 4. The van der Waals surface area contributed by atoms with E-state index in [0.717, 1.165) is 6.34 Å². The van der Waals surface area contributed by atoms with E-state index in [1.807, 2.05) is 0 Å². The molecule has 6 heteroatoms. The van der Waals surface area contributed by atoms with Crippen LogP contribution in [0.2, 0.25) is 0 Å². The molecule has 1 aliphatic rings. The predicted molar refractivity (Wildman–Crippen MR) is 39.4 cm³/mol. The van der Waals surface area contributed by atoms with Gasteiger partial charge in [0.2, 0.25) is 0 Å². The number of aliphatic imine (C=N–C) groups is 2. The van der Waals surface area contributed by atoms with Crippen molar-refractivity contribution in [2.75, 3.05) is 0 Å². The lowest BCUT2D eigenvalue weighted by atomic mass is 10.3. The van der Waals surface area contributed by atoms with Crippen molar-refractivity contribution in [3.05, 3.63) is 17.0 Å². The number of hydrogen-bond donors (Lipinski definition) is 0. The van der Waals surface area contributed by atoms with E-state index in [9.17, 15) is 13.2 Å². The summed E-state index contributed by atoms with van der Waals surface area (Å²) in [4.78, 5) is 6.34. The summed E-state index contributed by atoms with van der Waals surface area (Å²) < 4.78 is 35.8. The molecule has 0 aromatic heterocycles. The van der Waals surface area contributed by atoms with Crippen LogP contribution >= 0.6 is 11.6 Å². The van der Waals surface area contributed by atoms with E-state index in [4.69, 9.17) is 11.6 Å². The van der Waals surface area contributed by atoms with Gasteiger partial charge >= 0.3 is 6.18 Å². The second-order valence-electron chi connectivity index (χ2n) is 1.84. The molecule has 0 N–H and O–H groups in total. The molecule has 1 heterocycles. The fourth-order valence-electron chi connectivity index (χ4n) is 0.499. The van der Waals surface area contributed by atoms with Crippen molar-refractivity contribution in [3.63, 3.8) is 0 Å². The van der Waals surface area contributed by atoms with Crippen molar-refractivity contribution >= 4 is 23.7 Å². The summed E-state index contributed by atoms with van der Waals surface area (Å²) in [5.74, 6) is 0. The minimum absolute atomic E-state index is 0.155. The molecule has 2 nitrogen and oxygen atoms in total. The quantitative estimate of drug-likeness (QED) is 0.418. The van der Waals surface area contributed by atoms with E-state index >= 15 is 0 Å². The van der Waals surface area contributed by atoms with Crippen LogP contribution in [0.25, 0.3) is 0 Å². The molecule has 0 radical (unpaired) electrons. The fraction of sp³-hybridized carbons (Fsp3) is 0.167. The highest BCUT2D eigenvalue weighted by Crippen LogP contribution is 2.18. The third-order valence-corrected chi connectivity index (χ3v) is 1.19. The molecule has 0 amide bonds. The van der Waals surface area contributed by atoms with Gasteiger partial charge in [0.15, 0.2) is 10.9 Å². The molecular formula is C6H2ClF3N2. The maximum absolute atomic E-state index is 11.9. The molecule has 0 unspecified atom stereocenters. The normalized spacial score (nSPS) is 17.0. The first-order valence-corrected chi connectivity index (χ1v) is 3.17. The van der Waals surface area contributed by atoms with Gasteiger partial charge in [-0.25, -0.2) is 9.98 Å². The van der Waals surface area contributed by atoms with Crippen molar-refractivity contribution < 1.29 is 13.2 Å². The summed E-state index contributed by atoms with van der Waals surface area (Å²) in [5.41, 5.74) is 1.04. The van der Waals surface area contributed by atoms with Crippen LogP contribution in [0, 0.1) is 0 Å². The fourth-order valence-corrected chi connectivity index (χ4v) is 0.597. The van der Waals surface area contributed by atoms with Crippen molar-refractivity contribution in [1.82, 2.24) is 0 Å². The predicted octanol–water partition coefficient (Wildman–Crippen LogP) is 2.27. The first-order valence-electron chi connectivity index (χ1n) is 2.80. The number of nitrogens with zero attached hydrogens (tertiary/aromatic N) is 2. The number of rotatable bonds is 0. The lowest BCUT2D eigenvalue weighted by Crippen LogP contribution is -2.20. The summed E-state index contributed by atoms with van der Waals surface area (Å²) >= 11 is 5.27. The Morgan fingerprint density at radius 2 is 2.08 bits per heavy atom. The van der Waals surface area contributed by atoms with Crippen LogP contribution in [0.1, 0.15) is 0 Å². The Balaban J connectivity index is 3.04. The Labute approximate surface area is 70.8 Å². The van der Waals surface area contributed by atoms with E-state index < -0.39 is 11.9 Å². The van der Waals surface area contributed by atoms with Gasteiger partial charge in [0.25, 0.3) is 0 Å². The van der Waals surface area contributed by atoms with Crippen molar-refractivity contribution in [1.29, 1.82) is 0 Å². The van der Waals surface area contributed by atoms with Gasteiger partial charge in [-0.2, -0.15) is 13.2 Å². The van der Waals surface area contributed by atoms with Crippen LogP contribution in [0.4, 0.5) is 13.2 Å². The second-order valence-corrected chi connectivity index (χ2v) is 2.19. The summed E-state index contributed by atoms with van der Waals surface area (Å²) in [6.07, 6.45) is -3.10. The molecule has 0 aliphatic carbocycles. The standard InChI is InChI=1S/C6H2ClF3N2/c7-5-2-1-4(6(8,9)10)11-3-12-5/h1,3H. The van der Waals surface area contributed by atoms with E-state index in [2.05, 4.69) is 15.7 Å². The topological polar surface area (TPSA) is 24.7 Å². The number of allylic oxidation sites excluding steroid dienone is 1. The van der Waals surface area contributed by atoms with Gasteiger partial charge in [0, 0.05) is 6.08 Å². The van der Waals surface area contributed by atoms with Crippen molar-refractivity contribution in [2.24, 2.45) is 9.98 Å². The molecule has 1 aliphatic heterocycles. The van der Waals surface area contributed by atoms with Crippen LogP contribution in [0.15, 0.2) is 26.9 Å². The Kier molecular flexibility index (Phi) is 2.35. The third-order valence-electron chi connectivity index (χ3n) is 0.986. The van der Waals surface area contributed by atoms with E-state index in [1.165, 1.54) is 0 Å². The van der Waals surface area contributed by atoms with Crippen molar-refractivity contribution in [2.45, 2.75) is 6.18 Å². The summed E-state index contributed by atoms with van der Waals surface area (Å²) in [7, 11) is 0. The molecule has 0 saturated carbocycles. The van der Waals surface area contributed by atoms with Gasteiger partial charge in [-0.05, 0) is 0 Å². The number of hydrogen-bond acceptors (Lipinski definition) is 2. The summed E-state index contributed by atoms with van der Waals surface area (Å²) in [5, 5.41) is -0.155. The SMILES string of the molecule is FC(F)(F)C1=NC=NC(Cl)=C=C1. The monoisotopic (exact) mass is 194 g/mol. The van der Waals surface area contributed by atoms with Crippen LogP contribution in [-0.2, 0) is 0 Å². The van der Waals surface area contributed by atoms with Gasteiger partial charge in [0.05, 0.1) is 0 Å². The smallest absolute Gasteiger partial charge is 0.231 e. The van der Waals surface area contributed by atoms with Gasteiger partial charge in [-0.15, -0.1) is 0 Å². The molecule has 0 aromatic carbocycles. The minimum Gasteiger partial charge on any atom is -0.231 e. The maximum atomic E-state index is 11.9. The zero-order chi connectivity index (χ0) is 9.19. The zero-order valence-electron chi connectivity index (χ0n) is 5.56. The Bertz CT molecular complexity index is 307. The molecule has 0 bridgehead atoms.